The molecule has 2 atom stereocenters. The van der Waals surface area contributed by atoms with Gasteiger partial charge in [0.25, 0.3) is 0 Å². The van der Waals surface area contributed by atoms with Crippen molar-refractivity contribution in [3.8, 4) is 0 Å². The van der Waals surface area contributed by atoms with Crippen molar-refractivity contribution in [2.24, 2.45) is 0 Å². The van der Waals surface area contributed by atoms with Crippen LogP contribution >= 0.6 is 0 Å². The van der Waals surface area contributed by atoms with Crippen molar-refractivity contribution < 1.29 is 24.2 Å². The molecular weight excluding hydrogens is 284 g/mol. The van der Waals surface area contributed by atoms with Gasteiger partial charge in [0.05, 0.1) is 13.2 Å². The molecule has 0 radical (unpaired) electrons. The number of fused-ring (bicyclic) bond motifs is 1. The Labute approximate surface area is 131 Å². The average molecular weight is 308 g/mol. The number of hydrogen-bond acceptors (Lipinski definition) is 5. The second-order valence-electron chi connectivity index (χ2n) is 6.02. The minimum absolute atomic E-state index is 0.0516. The number of ketones is 1. The van der Waals surface area contributed by atoms with E-state index in [0.717, 1.165) is 44.6 Å². The van der Waals surface area contributed by atoms with Gasteiger partial charge in [0.1, 0.15) is 5.76 Å². The summed E-state index contributed by atoms with van der Waals surface area (Å²) in [4.78, 5) is 24.3. The molecule has 2 rings (SSSR count). The highest BCUT2D eigenvalue weighted by Gasteiger charge is 2.49. The zero-order chi connectivity index (χ0) is 16.2. The monoisotopic (exact) mass is 308 g/mol. The normalized spacial score (nSPS) is 31.0. The Balaban J connectivity index is 2.34. The van der Waals surface area contributed by atoms with Crippen molar-refractivity contribution in [1.29, 1.82) is 0 Å². The quantitative estimate of drug-likeness (QED) is 0.753. The molecule has 1 saturated heterocycles. The first-order valence-electron chi connectivity index (χ1n) is 7.93. The summed E-state index contributed by atoms with van der Waals surface area (Å²) in [6.45, 7) is 1.82. The molecule has 0 aromatic heterocycles. The summed E-state index contributed by atoms with van der Waals surface area (Å²) in [5, 5.41) is 11.0. The summed E-state index contributed by atoms with van der Waals surface area (Å²) < 4.78 is 10.5. The van der Waals surface area contributed by atoms with E-state index in [4.69, 9.17) is 9.47 Å². The lowest BCUT2D eigenvalue weighted by molar-refractivity contribution is -0.166. The zero-order valence-electron chi connectivity index (χ0n) is 13.3. The van der Waals surface area contributed by atoms with Crippen molar-refractivity contribution in [1.82, 2.24) is 0 Å². The molecule has 1 heterocycles. The van der Waals surface area contributed by atoms with E-state index in [2.05, 4.69) is 0 Å². The Kier molecular flexibility index (Phi) is 5.40. The second-order valence-corrected chi connectivity index (χ2v) is 6.02. The van der Waals surface area contributed by atoms with Gasteiger partial charge in [-0.3, -0.25) is 4.79 Å². The number of methoxy groups -OCH3 is 1. The van der Waals surface area contributed by atoms with E-state index in [1.807, 2.05) is 6.92 Å². The maximum atomic E-state index is 12.5. The first-order chi connectivity index (χ1) is 10.5. The third kappa shape index (κ3) is 3.40. The third-order valence-electron chi connectivity index (χ3n) is 4.29. The molecule has 1 aliphatic heterocycles. The molecule has 5 nitrogen and oxygen atoms in total. The number of aliphatic hydroxyl groups is 1. The molecule has 1 fully saturated rings. The van der Waals surface area contributed by atoms with Crippen LogP contribution in [0.15, 0.2) is 23.5 Å². The SMILES string of the molecule is COC1=CC(=O)C=C2CCCCCCCC(C)OC(=O)C21O. The fourth-order valence-corrected chi connectivity index (χ4v) is 3.01. The Morgan fingerprint density at radius 2 is 1.86 bits per heavy atom. The summed E-state index contributed by atoms with van der Waals surface area (Å²) in [7, 11) is 1.34. The number of cyclic esters (lactones) is 1. The number of carbonyl (C=O) groups excluding carboxylic acids is 2. The number of hydrogen-bond donors (Lipinski definition) is 1. The highest BCUT2D eigenvalue weighted by atomic mass is 16.6. The van der Waals surface area contributed by atoms with Crippen LogP contribution in [-0.2, 0) is 19.1 Å². The van der Waals surface area contributed by atoms with E-state index in [0.29, 0.717) is 12.0 Å². The number of allylic oxidation sites excluding steroid dienone is 2. The van der Waals surface area contributed by atoms with Crippen LogP contribution in [0.4, 0.5) is 0 Å². The van der Waals surface area contributed by atoms with Crippen molar-refractivity contribution in [2.75, 3.05) is 7.11 Å². The molecule has 22 heavy (non-hydrogen) atoms. The van der Waals surface area contributed by atoms with Gasteiger partial charge in [0, 0.05) is 6.08 Å². The van der Waals surface area contributed by atoms with Gasteiger partial charge in [-0.15, -0.1) is 0 Å². The zero-order valence-corrected chi connectivity index (χ0v) is 13.3. The highest BCUT2D eigenvalue weighted by molar-refractivity contribution is 6.05. The number of carbonyl (C=O) groups is 2. The molecule has 5 heteroatoms. The molecule has 1 aliphatic carbocycles. The summed E-state index contributed by atoms with van der Waals surface area (Å²) in [5.74, 6) is -1.08. The second kappa shape index (κ2) is 7.09. The molecule has 1 N–H and O–H groups in total. The molecule has 2 unspecified atom stereocenters. The van der Waals surface area contributed by atoms with Gasteiger partial charge in [-0.2, -0.15) is 0 Å². The molecule has 122 valence electrons. The van der Waals surface area contributed by atoms with Crippen LogP contribution in [-0.4, -0.2) is 35.7 Å². The lowest BCUT2D eigenvalue weighted by Crippen LogP contribution is -2.47. The van der Waals surface area contributed by atoms with Gasteiger partial charge in [0.15, 0.2) is 5.78 Å². The summed E-state index contributed by atoms with van der Waals surface area (Å²) in [6.07, 6.45) is 8.51. The van der Waals surface area contributed by atoms with Gasteiger partial charge in [0.2, 0.25) is 5.60 Å². The predicted molar refractivity (Wildman–Crippen MR) is 81.0 cm³/mol. The molecule has 0 amide bonds. The van der Waals surface area contributed by atoms with Crippen LogP contribution < -0.4 is 0 Å². The smallest absolute Gasteiger partial charge is 0.350 e. The summed E-state index contributed by atoms with van der Waals surface area (Å²) in [6, 6.07) is 0. The van der Waals surface area contributed by atoms with Crippen molar-refractivity contribution in [2.45, 2.75) is 63.6 Å². The van der Waals surface area contributed by atoms with Crippen LogP contribution in [0, 0.1) is 0 Å². The van der Waals surface area contributed by atoms with Gasteiger partial charge in [-0.05, 0) is 44.3 Å². The van der Waals surface area contributed by atoms with E-state index in [-0.39, 0.29) is 17.6 Å². The van der Waals surface area contributed by atoms with E-state index < -0.39 is 11.6 Å². The Hall–Kier alpha value is -1.62. The number of esters is 1. The Morgan fingerprint density at radius 3 is 2.59 bits per heavy atom. The Bertz CT molecular complexity index is 505. The molecule has 0 aromatic rings. The van der Waals surface area contributed by atoms with Crippen LogP contribution in [0.2, 0.25) is 0 Å². The first kappa shape index (κ1) is 16.7. The maximum Gasteiger partial charge on any atom is 0.350 e. The van der Waals surface area contributed by atoms with Crippen LogP contribution in [0.3, 0.4) is 0 Å². The lowest BCUT2D eigenvalue weighted by atomic mass is 9.82. The molecule has 0 saturated carbocycles. The highest BCUT2D eigenvalue weighted by Crippen LogP contribution is 2.35. The Morgan fingerprint density at radius 1 is 1.18 bits per heavy atom. The topological polar surface area (TPSA) is 72.8 Å². The standard InChI is InChI=1S/C17H24O5/c1-12-8-6-4-3-5-7-9-13-10-14(18)11-15(21-2)17(13,20)16(19)22-12/h10-12,20H,3-9H2,1-2H3. The maximum absolute atomic E-state index is 12.5. The minimum Gasteiger partial charge on any atom is -0.497 e. The molecule has 0 bridgehead atoms. The number of ether oxygens (including phenoxy) is 2. The van der Waals surface area contributed by atoms with Crippen molar-refractivity contribution >= 4 is 11.8 Å². The number of rotatable bonds is 1. The van der Waals surface area contributed by atoms with Crippen LogP contribution in [0.25, 0.3) is 0 Å². The van der Waals surface area contributed by atoms with E-state index >= 15 is 0 Å². The lowest BCUT2D eigenvalue weighted by Gasteiger charge is -2.33. The molecular formula is C17H24O5. The first-order valence-corrected chi connectivity index (χ1v) is 7.93. The average Bonchev–Trinajstić information content (AvgIpc) is 2.47. The van der Waals surface area contributed by atoms with Gasteiger partial charge in [-0.1, -0.05) is 19.3 Å². The molecule has 0 spiro atoms. The largest absolute Gasteiger partial charge is 0.497 e. The van der Waals surface area contributed by atoms with Crippen LogP contribution in [0.1, 0.15) is 51.9 Å². The van der Waals surface area contributed by atoms with E-state index in [1.165, 1.54) is 13.2 Å². The molecule has 0 aromatic carbocycles. The van der Waals surface area contributed by atoms with Crippen LogP contribution in [0.5, 0.6) is 0 Å². The van der Waals surface area contributed by atoms with Crippen molar-refractivity contribution in [3.05, 3.63) is 23.5 Å². The third-order valence-corrected chi connectivity index (χ3v) is 4.29. The van der Waals surface area contributed by atoms with E-state index in [1.54, 1.807) is 0 Å². The van der Waals surface area contributed by atoms with Gasteiger partial charge < -0.3 is 14.6 Å². The molecule has 2 aliphatic rings. The van der Waals surface area contributed by atoms with Gasteiger partial charge >= 0.3 is 5.97 Å². The predicted octanol–water partition coefficient (Wildman–Crippen LogP) is 2.43. The summed E-state index contributed by atoms with van der Waals surface area (Å²) in [5.41, 5.74) is -1.61. The van der Waals surface area contributed by atoms with Gasteiger partial charge in [-0.25, -0.2) is 4.79 Å². The minimum atomic E-state index is -1.98. The van der Waals surface area contributed by atoms with E-state index in [9.17, 15) is 14.7 Å². The fourth-order valence-electron chi connectivity index (χ4n) is 3.01. The fraction of sp³-hybridized carbons (Fsp3) is 0.647. The van der Waals surface area contributed by atoms with Crippen molar-refractivity contribution in [3.63, 3.8) is 0 Å². The summed E-state index contributed by atoms with van der Waals surface area (Å²) >= 11 is 0.